The Balaban J connectivity index is 1.30. The summed E-state index contributed by atoms with van der Waals surface area (Å²) in [5, 5.41) is 0.208. The quantitative estimate of drug-likeness (QED) is 0.229. The van der Waals surface area contributed by atoms with Gasteiger partial charge in [-0.2, -0.15) is 0 Å². The molecule has 0 unspecified atom stereocenters. The van der Waals surface area contributed by atoms with Gasteiger partial charge in [0.1, 0.15) is 6.04 Å². The lowest BCUT2D eigenvalue weighted by atomic mass is 9.81. The second-order valence-electron chi connectivity index (χ2n) is 8.32. The second-order valence-corrected chi connectivity index (χ2v) is 10.8. The highest BCUT2D eigenvalue weighted by molar-refractivity contribution is 9.12. The first-order chi connectivity index (χ1) is 15.6. The smallest absolute Gasteiger partial charge is 0.329 e. The van der Waals surface area contributed by atoms with E-state index >= 15 is 0 Å². The molecule has 7 atom stereocenters. The summed E-state index contributed by atoms with van der Waals surface area (Å²) in [4.78, 5) is 63.6. The zero-order valence-corrected chi connectivity index (χ0v) is 21.2. The summed E-state index contributed by atoms with van der Waals surface area (Å²) >= 11 is 13.1. The number of carbonyl (C=O) groups is 5. The topological polar surface area (TPSA) is 122 Å². The lowest BCUT2D eigenvalue weighted by Gasteiger charge is -2.28. The first kappa shape index (κ1) is 24.2. The molecular formula is C21H20Br2ClN3O6. The number of halogens is 3. The van der Waals surface area contributed by atoms with Crippen molar-refractivity contribution < 1.29 is 28.7 Å². The van der Waals surface area contributed by atoms with Crippen LogP contribution in [0.3, 0.4) is 0 Å². The molecule has 1 heterocycles. The zero-order valence-electron chi connectivity index (χ0n) is 17.3. The third-order valence-corrected chi connectivity index (χ3v) is 10.1. The van der Waals surface area contributed by atoms with Crippen LogP contribution in [-0.4, -0.2) is 56.8 Å². The summed E-state index contributed by atoms with van der Waals surface area (Å²) in [6.07, 6.45) is 0.783. The van der Waals surface area contributed by atoms with Crippen molar-refractivity contribution >= 4 is 73.1 Å². The number of hydrazine groups is 1. The van der Waals surface area contributed by atoms with Crippen LogP contribution in [0.4, 0.5) is 0 Å². The molecule has 4 amide bonds. The molecule has 2 bridgehead atoms. The minimum atomic E-state index is -1.16. The van der Waals surface area contributed by atoms with Gasteiger partial charge in [0.15, 0.2) is 6.61 Å². The van der Waals surface area contributed by atoms with Crippen LogP contribution in [0.25, 0.3) is 0 Å². The van der Waals surface area contributed by atoms with E-state index in [1.807, 2.05) is 0 Å². The number of carbonyl (C=O) groups excluding carboxylic acids is 5. The van der Waals surface area contributed by atoms with E-state index in [4.69, 9.17) is 16.3 Å². The van der Waals surface area contributed by atoms with Gasteiger partial charge in [0.25, 0.3) is 11.8 Å². The average molecular weight is 606 g/mol. The predicted octanol–water partition coefficient (Wildman–Crippen LogP) is 1.81. The fourth-order valence-corrected chi connectivity index (χ4v) is 7.09. The van der Waals surface area contributed by atoms with Gasteiger partial charge >= 0.3 is 5.97 Å². The number of benzene rings is 1. The molecule has 1 aromatic carbocycles. The van der Waals surface area contributed by atoms with Crippen molar-refractivity contribution in [3.8, 4) is 0 Å². The second kappa shape index (κ2) is 9.34. The van der Waals surface area contributed by atoms with Gasteiger partial charge in [-0.3, -0.25) is 34.9 Å². The Kier molecular flexibility index (Phi) is 6.84. The Bertz CT molecular complexity index is 1010. The highest BCUT2D eigenvalue weighted by Crippen LogP contribution is 2.60. The van der Waals surface area contributed by atoms with Crippen LogP contribution in [-0.2, 0) is 23.9 Å². The number of nitrogens with zero attached hydrogens (tertiary/aromatic N) is 1. The molecule has 0 radical (unpaired) electrons. The van der Waals surface area contributed by atoms with Gasteiger partial charge < -0.3 is 4.74 Å². The molecular weight excluding hydrogens is 586 g/mol. The van der Waals surface area contributed by atoms with Crippen LogP contribution < -0.4 is 10.9 Å². The number of likely N-dealkylation sites (tertiary alicyclic amines) is 1. The molecule has 176 valence electrons. The molecule has 1 aromatic rings. The molecule has 0 aromatic heterocycles. The van der Waals surface area contributed by atoms with Crippen molar-refractivity contribution in [2.45, 2.75) is 29.0 Å². The number of rotatable bonds is 5. The highest BCUT2D eigenvalue weighted by Gasteiger charge is 2.67. The molecule has 4 rings (SSSR count). The standard InChI is InChI=1S/C21H20Br2ClN3O6/c1-8(27-19(30)14-10-6-11(15(14)20(27)31)17(23)16(10)22)21(32)33-7-13(28)25-26-18(29)9-4-2-3-5-12(9)24/h2-5,8,10-11,14-17H,6-7H2,1H3,(H,25,28)(H,26,29)/t8-,10-,11-,14-,15+,16-,17+/m1/s1. The summed E-state index contributed by atoms with van der Waals surface area (Å²) in [7, 11) is 0. The van der Waals surface area contributed by atoms with Gasteiger partial charge in [0, 0.05) is 9.65 Å². The van der Waals surface area contributed by atoms with Gasteiger partial charge in [0.2, 0.25) is 11.8 Å². The maximum Gasteiger partial charge on any atom is 0.329 e. The number of hydrogen-bond acceptors (Lipinski definition) is 6. The minimum Gasteiger partial charge on any atom is -0.454 e. The molecule has 0 spiro atoms. The molecule has 3 aliphatic rings. The zero-order chi connectivity index (χ0) is 24.0. The summed E-state index contributed by atoms with van der Waals surface area (Å²) in [6, 6.07) is 5.11. The third kappa shape index (κ3) is 4.19. The van der Waals surface area contributed by atoms with Crippen molar-refractivity contribution in [2.75, 3.05) is 6.61 Å². The minimum absolute atomic E-state index is 0.0292. The summed E-state index contributed by atoms with van der Waals surface area (Å²) in [5.41, 5.74) is 4.45. The van der Waals surface area contributed by atoms with E-state index in [-0.39, 0.29) is 43.9 Å². The monoisotopic (exact) mass is 603 g/mol. The van der Waals surface area contributed by atoms with Gasteiger partial charge in [0.05, 0.1) is 22.4 Å². The number of esters is 1. The number of fused-ring (bicyclic) bond motifs is 5. The number of imide groups is 1. The summed E-state index contributed by atoms with van der Waals surface area (Å²) in [5.74, 6) is -3.90. The van der Waals surface area contributed by atoms with Gasteiger partial charge in [-0.05, 0) is 37.3 Å². The van der Waals surface area contributed by atoms with Gasteiger partial charge in [-0.1, -0.05) is 55.6 Å². The molecule has 2 aliphatic carbocycles. The number of hydrogen-bond donors (Lipinski definition) is 2. The molecule has 12 heteroatoms. The number of amides is 4. The average Bonchev–Trinajstić information content (AvgIpc) is 3.40. The molecule has 33 heavy (non-hydrogen) atoms. The summed E-state index contributed by atoms with van der Waals surface area (Å²) in [6.45, 7) is 0.697. The van der Waals surface area contributed by atoms with E-state index in [1.165, 1.54) is 19.1 Å². The molecule has 1 saturated heterocycles. The van der Waals surface area contributed by atoms with Crippen LogP contribution in [0.1, 0.15) is 23.7 Å². The normalized spacial score (nSPS) is 30.7. The maximum atomic E-state index is 13.0. The largest absolute Gasteiger partial charge is 0.454 e. The van der Waals surface area contributed by atoms with Crippen LogP contribution in [0.5, 0.6) is 0 Å². The molecule has 3 fully saturated rings. The van der Waals surface area contributed by atoms with E-state index in [2.05, 4.69) is 42.7 Å². The van der Waals surface area contributed by atoms with E-state index in [1.54, 1.807) is 12.1 Å². The fraction of sp³-hybridized carbons (Fsp3) is 0.476. The lowest BCUT2D eigenvalue weighted by molar-refractivity contribution is -0.160. The van der Waals surface area contributed by atoms with E-state index < -0.39 is 42.3 Å². The Morgan fingerprint density at radius 1 is 1.09 bits per heavy atom. The first-order valence-electron chi connectivity index (χ1n) is 10.3. The molecule has 1 aliphatic heterocycles. The molecule has 2 saturated carbocycles. The Morgan fingerprint density at radius 3 is 2.24 bits per heavy atom. The number of alkyl halides is 2. The van der Waals surface area contributed by atoms with Crippen LogP contribution in [0, 0.1) is 23.7 Å². The van der Waals surface area contributed by atoms with Crippen molar-refractivity contribution in [1.82, 2.24) is 15.8 Å². The van der Waals surface area contributed by atoms with Crippen LogP contribution >= 0.6 is 43.5 Å². The first-order valence-corrected chi connectivity index (χ1v) is 12.5. The SMILES string of the molecule is C[C@H](C(=O)OCC(=O)NNC(=O)c1ccccc1Cl)N1C(=O)[C@@H]2[C@H]3C[C@@H]([C@H](Br)[C@@H]3Br)[C@@H]2C1=O. The number of ether oxygens (including phenoxy) is 1. The molecule has 2 N–H and O–H groups in total. The Hall–Kier alpha value is -1.98. The van der Waals surface area contributed by atoms with Crippen molar-refractivity contribution in [3.63, 3.8) is 0 Å². The third-order valence-electron chi connectivity index (χ3n) is 6.53. The Morgan fingerprint density at radius 2 is 1.67 bits per heavy atom. The lowest BCUT2D eigenvalue weighted by Crippen LogP contribution is -2.47. The van der Waals surface area contributed by atoms with E-state index in [0.29, 0.717) is 0 Å². The van der Waals surface area contributed by atoms with Crippen molar-refractivity contribution in [1.29, 1.82) is 0 Å². The van der Waals surface area contributed by atoms with E-state index in [9.17, 15) is 24.0 Å². The number of nitrogens with one attached hydrogen (secondary N) is 2. The highest BCUT2D eigenvalue weighted by atomic mass is 79.9. The van der Waals surface area contributed by atoms with Crippen LogP contribution in [0.2, 0.25) is 5.02 Å². The van der Waals surface area contributed by atoms with E-state index in [0.717, 1.165) is 11.3 Å². The maximum absolute atomic E-state index is 13.0. The fourth-order valence-electron chi connectivity index (χ4n) is 4.99. The molecule has 9 nitrogen and oxygen atoms in total. The Labute approximate surface area is 211 Å². The summed E-state index contributed by atoms with van der Waals surface area (Å²) < 4.78 is 4.98. The predicted molar refractivity (Wildman–Crippen MR) is 123 cm³/mol. The van der Waals surface area contributed by atoms with Gasteiger partial charge in [-0.25, -0.2) is 4.79 Å². The van der Waals surface area contributed by atoms with Crippen molar-refractivity contribution in [3.05, 3.63) is 34.9 Å². The van der Waals surface area contributed by atoms with Crippen LogP contribution in [0.15, 0.2) is 24.3 Å². The van der Waals surface area contributed by atoms with Crippen molar-refractivity contribution in [2.24, 2.45) is 23.7 Å². The van der Waals surface area contributed by atoms with Gasteiger partial charge in [-0.15, -0.1) is 0 Å².